The lowest BCUT2D eigenvalue weighted by Crippen LogP contribution is -2.49. The number of likely N-dealkylation sites (N-methyl/N-ethyl adjacent to an activating group) is 1. The van der Waals surface area contributed by atoms with E-state index in [1.165, 1.54) is 23.8 Å². The number of hydrogen-bond donors (Lipinski definition) is 0. The zero-order valence-corrected chi connectivity index (χ0v) is 14.1. The SMILES string of the molecule is CC1CCN(I)C2=C1N(C)C1=C(N(C)CCO1)N2C. The second kappa shape index (κ2) is 4.64. The van der Waals surface area contributed by atoms with Crippen molar-refractivity contribution in [1.29, 1.82) is 0 Å². The highest BCUT2D eigenvalue weighted by Crippen LogP contribution is 2.41. The summed E-state index contributed by atoms with van der Waals surface area (Å²) in [6, 6.07) is 0. The van der Waals surface area contributed by atoms with E-state index in [1.54, 1.807) is 0 Å². The van der Waals surface area contributed by atoms with Crippen molar-refractivity contribution in [3.8, 4) is 0 Å². The van der Waals surface area contributed by atoms with Crippen LogP contribution in [0.15, 0.2) is 23.2 Å². The molecule has 5 nitrogen and oxygen atoms in total. The molecule has 0 radical (unpaired) electrons. The molecule has 0 saturated carbocycles. The highest BCUT2D eigenvalue weighted by molar-refractivity contribution is 14.1. The van der Waals surface area contributed by atoms with Crippen molar-refractivity contribution in [2.75, 3.05) is 40.8 Å². The molecule has 3 aliphatic rings. The van der Waals surface area contributed by atoms with E-state index in [-0.39, 0.29) is 0 Å². The Kier molecular flexibility index (Phi) is 3.23. The first kappa shape index (κ1) is 13.2. The van der Waals surface area contributed by atoms with Gasteiger partial charge in [0.1, 0.15) is 12.4 Å². The molecule has 0 amide bonds. The van der Waals surface area contributed by atoms with Crippen molar-refractivity contribution in [2.24, 2.45) is 5.92 Å². The Balaban J connectivity index is 2.10. The molecule has 0 spiro atoms. The zero-order valence-electron chi connectivity index (χ0n) is 12.0. The van der Waals surface area contributed by atoms with Gasteiger partial charge in [-0.15, -0.1) is 0 Å². The minimum Gasteiger partial charge on any atom is -0.474 e. The summed E-state index contributed by atoms with van der Waals surface area (Å²) in [6.07, 6.45) is 1.19. The molecule has 0 aromatic rings. The van der Waals surface area contributed by atoms with Crippen LogP contribution in [0.4, 0.5) is 0 Å². The van der Waals surface area contributed by atoms with Crippen molar-refractivity contribution in [1.82, 2.24) is 17.8 Å². The molecule has 106 valence electrons. The van der Waals surface area contributed by atoms with Gasteiger partial charge in [-0.05, 0) is 6.42 Å². The first-order chi connectivity index (χ1) is 9.02. The third kappa shape index (κ3) is 1.86. The number of nitrogens with zero attached hydrogens (tertiary/aromatic N) is 4. The van der Waals surface area contributed by atoms with Gasteiger partial charge in [0.25, 0.3) is 0 Å². The minimum atomic E-state index is 0.568. The Bertz CT molecular complexity index is 462. The van der Waals surface area contributed by atoms with Crippen LogP contribution in [-0.2, 0) is 4.74 Å². The van der Waals surface area contributed by atoms with Gasteiger partial charge in [0.2, 0.25) is 5.88 Å². The Morgan fingerprint density at radius 1 is 1.11 bits per heavy atom. The third-order valence-electron chi connectivity index (χ3n) is 4.20. The summed E-state index contributed by atoms with van der Waals surface area (Å²) in [5, 5.41) is 0. The lowest BCUT2D eigenvalue weighted by Gasteiger charge is -2.49. The van der Waals surface area contributed by atoms with Gasteiger partial charge in [0.15, 0.2) is 5.82 Å². The molecule has 6 heteroatoms. The summed E-state index contributed by atoms with van der Waals surface area (Å²) in [6.45, 7) is 5.11. The van der Waals surface area contributed by atoms with Crippen LogP contribution in [0, 0.1) is 5.92 Å². The van der Waals surface area contributed by atoms with E-state index in [1.807, 2.05) is 0 Å². The number of rotatable bonds is 0. The molecule has 3 rings (SSSR count). The molecule has 1 atom stereocenters. The van der Waals surface area contributed by atoms with Crippen LogP contribution < -0.4 is 0 Å². The van der Waals surface area contributed by atoms with Crippen molar-refractivity contribution < 1.29 is 4.74 Å². The first-order valence-corrected chi connectivity index (χ1v) is 7.72. The highest BCUT2D eigenvalue weighted by Gasteiger charge is 2.40. The molecule has 0 aromatic heterocycles. The molecule has 0 N–H and O–H groups in total. The maximum absolute atomic E-state index is 5.93. The number of halogens is 1. The fourth-order valence-corrected chi connectivity index (χ4v) is 4.03. The maximum Gasteiger partial charge on any atom is 0.236 e. The lowest BCUT2D eigenvalue weighted by molar-refractivity contribution is 0.0418. The van der Waals surface area contributed by atoms with Gasteiger partial charge in [0.05, 0.1) is 35.1 Å². The second-order valence-electron chi connectivity index (χ2n) is 5.50. The van der Waals surface area contributed by atoms with Gasteiger partial charge < -0.3 is 19.4 Å². The van der Waals surface area contributed by atoms with Crippen molar-refractivity contribution in [3.63, 3.8) is 0 Å². The maximum atomic E-state index is 5.93. The normalized spacial score (nSPS) is 27.5. The Labute approximate surface area is 128 Å². The smallest absolute Gasteiger partial charge is 0.236 e. The van der Waals surface area contributed by atoms with Crippen LogP contribution in [0.1, 0.15) is 13.3 Å². The Morgan fingerprint density at radius 3 is 2.58 bits per heavy atom. The predicted molar refractivity (Wildman–Crippen MR) is 82.7 cm³/mol. The van der Waals surface area contributed by atoms with Gasteiger partial charge in [-0.2, -0.15) is 0 Å². The Morgan fingerprint density at radius 2 is 1.84 bits per heavy atom. The topological polar surface area (TPSA) is 22.2 Å². The number of hydrogen-bond acceptors (Lipinski definition) is 5. The lowest BCUT2D eigenvalue weighted by atomic mass is 9.98. The standard InChI is InChI=1S/C13H21IN4O/c1-9-5-6-18(14)11-10(9)16(3)13-12(17(11)4)15(2)7-8-19-13/h9H,5-8H2,1-4H3. The van der Waals surface area contributed by atoms with Gasteiger partial charge in [0, 0.05) is 33.6 Å². The molecule has 0 saturated heterocycles. The molecule has 3 heterocycles. The summed E-state index contributed by atoms with van der Waals surface area (Å²) >= 11 is 2.42. The number of allylic oxidation sites excluding steroid dienone is 1. The summed E-state index contributed by atoms with van der Waals surface area (Å²) in [5.41, 5.74) is 1.37. The van der Waals surface area contributed by atoms with E-state index in [9.17, 15) is 0 Å². The van der Waals surface area contributed by atoms with Gasteiger partial charge in [-0.3, -0.25) is 3.11 Å². The molecule has 0 bridgehead atoms. The van der Waals surface area contributed by atoms with Crippen LogP contribution in [0.3, 0.4) is 0 Å². The molecule has 0 aliphatic carbocycles. The molecule has 0 fully saturated rings. The van der Waals surface area contributed by atoms with Crippen molar-refractivity contribution >= 4 is 22.9 Å². The third-order valence-corrected chi connectivity index (χ3v) is 5.14. The predicted octanol–water partition coefficient (Wildman–Crippen LogP) is 1.81. The van der Waals surface area contributed by atoms with Crippen LogP contribution in [-0.4, -0.2) is 58.7 Å². The van der Waals surface area contributed by atoms with Gasteiger partial charge >= 0.3 is 0 Å². The molecule has 1 unspecified atom stereocenters. The van der Waals surface area contributed by atoms with E-state index in [0.717, 1.165) is 25.6 Å². The zero-order chi connectivity index (χ0) is 13.7. The van der Waals surface area contributed by atoms with Crippen LogP contribution >= 0.6 is 22.9 Å². The average Bonchev–Trinajstić information content (AvgIpc) is 2.38. The van der Waals surface area contributed by atoms with Crippen LogP contribution in [0.5, 0.6) is 0 Å². The average molecular weight is 376 g/mol. The summed E-state index contributed by atoms with van der Waals surface area (Å²) < 4.78 is 8.26. The molecule has 0 aromatic carbocycles. The van der Waals surface area contributed by atoms with Crippen LogP contribution in [0.25, 0.3) is 0 Å². The molecular weight excluding hydrogens is 355 g/mol. The van der Waals surface area contributed by atoms with E-state index in [0.29, 0.717) is 5.92 Å². The monoisotopic (exact) mass is 376 g/mol. The minimum absolute atomic E-state index is 0.568. The molecule has 3 aliphatic heterocycles. The fraction of sp³-hybridized carbons (Fsp3) is 0.692. The molecule has 19 heavy (non-hydrogen) atoms. The fourth-order valence-electron chi connectivity index (χ4n) is 3.18. The van der Waals surface area contributed by atoms with E-state index in [4.69, 9.17) is 4.74 Å². The summed E-state index contributed by atoms with van der Waals surface area (Å²) in [4.78, 5) is 6.81. The Hall–Kier alpha value is -0.790. The van der Waals surface area contributed by atoms with E-state index >= 15 is 0 Å². The van der Waals surface area contributed by atoms with E-state index in [2.05, 4.69) is 68.7 Å². The van der Waals surface area contributed by atoms with Crippen molar-refractivity contribution in [2.45, 2.75) is 13.3 Å². The van der Waals surface area contributed by atoms with Crippen LogP contribution in [0.2, 0.25) is 0 Å². The summed E-state index contributed by atoms with van der Waals surface area (Å²) in [7, 11) is 6.41. The second-order valence-corrected chi connectivity index (χ2v) is 6.67. The van der Waals surface area contributed by atoms with Crippen molar-refractivity contribution in [3.05, 3.63) is 23.2 Å². The van der Waals surface area contributed by atoms with E-state index < -0.39 is 0 Å². The quantitative estimate of drug-likeness (QED) is 0.474. The largest absolute Gasteiger partial charge is 0.474 e. The molecular formula is C13H21IN4O. The first-order valence-electron chi connectivity index (χ1n) is 6.75. The summed E-state index contributed by atoms with van der Waals surface area (Å²) in [5.74, 6) is 4.04. The van der Waals surface area contributed by atoms with Gasteiger partial charge in [-0.1, -0.05) is 6.92 Å². The van der Waals surface area contributed by atoms with Gasteiger partial charge in [-0.25, -0.2) is 0 Å². The number of ether oxygens (including phenoxy) is 1. The highest BCUT2D eigenvalue weighted by atomic mass is 127.